The minimum Gasteiger partial charge on any atom is -0.393 e. The summed E-state index contributed by atoms with van der Waals surface area (Å²) in [6.45, 7) is 6.88. The molecule has 20 heavy (non-hydrogen) atoms. The Bertz CT molecular complexity index is 473. The predicted molar refractivity (Wildman–Crippen MR) is 84.1 cm³/mol. The van der Waals surface area contributed by atoms with Crippen LogP contribution in [0.1, 0.15) is 33.6 Å². The van der Waals surface area contributed by atoms with Gasteiger partial charge in [-0.3, -0.25) is 10.0 Å². The number of benzene rings is 1. The van der Waals surface area contributed by atoms with Crippen molar-refractivity contribution in [2.24, 2.45) is 4.99 Å². The van der Waals surface area contributed by atoms with Crippen LogP contribution in [0.2, 0.25) is 5.02 Å². The van der Waals surface area contributed by atoms with Gasteiger partial charge in [0.15, 0.2) is 0 Å². The number of nitrogens with zero attached hydrogens (tertiary/aromatic N) is 3. The Morgan fingerprint density at radius 2 is 1.95 bits per heavy atom. The summed E-state index contributed by atoms with van der Waals surface area (Å²) in [6, 6.07) is 7.68. The average Bonchev–Trinajstić information content (AvgIpc) is 2.72. The van der Waals surface area contributed by atoms with Crippen molar-refractivity contribution in [3.05, 3.63) is 29.3 Å². The number of anilines is 1. The molecule has 1 aliphatic rings. The van der Waals surface area contributed by atoms with Gasteiger partial charge in [0.2, 0.25) is 0 Å². The summed E-state index contributed by atoms with van der Waals surface area (Å²) in [5.41, 5.74) is 0.724. The van der Waals surface area contributed by atoms with Crippen molar-refractivity contribution in [2.45, 2.75) is 45.4 Å². The first-order chi connectivity index (χ1) is 9.44. The number of aliphatic imine (C=N–C) groups is 1. The lowest BCUT2D eigenvalue weighted by molar-refractivity contribution is 0.103. The number of aliphatic hydroxyl groups is 1. The SMILES string of the molecule is CCC(O)CCN1N(c2ccc(Cl)cc2)C=NC1(C)C. The molecule has 1 aromatic rings. The third-order valence-electron chi connectivity index (χ3n) is 3.61. The standard InChI is InChI=1S/C15H22ClN3O/c1-4-14(20)9-10-19-15(2,3)17-11-18(19)13-7-5-12(16)6-8-13/h5-8,11,14,20H,4,9-10H2,1-3H3. The largest absolute Gasteiger partial charge is 0.393 e. The van der Waals surface area contributed by atoms with Crippen LogP contribution >= 0.6 is 11.6 Å². The van der Waals surface area contributed by atoms with Gasteiger partial charge in [-0.1, -0.05) is 18.5 Å². The highest BCUT2D eigenvalue weighted by atomic mass is 35.5. The molecule has 1 N–H and O–H groups in total. The van der Waals surface area contributed by atoms with E-state index in [0.717, 1.165) is 30.1 Å². The van der Waals surface area contributed by atoms with Crippen LogP contribution in [0.15, 0.2) is 29.3 Å². The molecule has 0 radical (unpaired) electrons. The maximum absolute atomic E-state index is 9.78. The third-order valence-corrected chi connectivity index (χ3v) is 3.86. The zero-order valence-electron chi connectivity index (χ0n) is 12.3. The van der Waals surface area contributed by atoms with Gasteiger partial charge in [0.1, 0.15) is 12.0 Å². The molecule has 0 bridgehead atoms. The van der Waals surface area contributed by atoms with Crippen LogP contribution in [0, 0.1) is 0 Å². The van der Waals surface area contributed by atoms with E-state index in [9.17, 15) is 5.11 Å². The highest BCUT2D eigenvalue weighted by molar-refractivity contribution is 6.30. The Labute approximate surface area is 125 Å². The van der Waals surface area contributed by atoms with Gasteiger partial charge < -0.3 is 5.11 Å². The van der Waals surface area contributed by atoms with E-state index in [1.165, 1.54) is 0 Å². The molecule has 1 aliphatic heterocycles. The van der Waals surface area contributed by atoms with Gasteiger partial charge in [-0.25, -0.2) is 0 Å². The van der Waals surface area contributed by atoms with E-state index < -0.39 is 0 Å². The van der Waals surface area contributed by atoms with Gasteiger partial charge in [0.25, 0.3) is 0 Å². The normalized spacial score (nSPS) is 19.6. The third kappa shape index (κ3) is 3.32. The molecule has 0 spiro atoms. The Morgan fingerprint density at radius 1 is 1.30 bits per heavy atom. The monoisotopic (exact) mass is 295 g/mol. The Hall–Kier alpha value is -1.10. The summed E-state index contributed by atoms with van der Waals surface area (Å²) in [5, 5.41) is 14.7. The lowest BCUT2D eigenvalue weighted by Crippen LogP contribution is -2.49. The van der Waals surface area contributed by atoms with Crippen molar-refractivity contribution in [2.75, 3.05) is 11.6 Å². The Balaban J connectivity index is 2.14. The molecule has 1 unspecified atom stereocenters. The summed E-state index contributed by atoms with van der Waals surface area (Å²) in [7, 11) is 0. The van der Waals surface area contributed by atoms with E-state index in [1.54, 1.807) is 0 Å². The fourth-order valence-corrected chi connectivity index (χ4v) is 2.37. The summed E-state index contributed by atoms with van der Waals surface area (Å²) < 4.78 is 0. The van der Waals surface area contributed by atoms with Gasteiger partial charge in [0, 0.05) is 11.6 Å². The molecule has 1 aromatic carbocycles. The van der Waals surface area contributed by atoms with Crippen LogP contribution in [0.4, 0.5) is 5.69 Å². The van der Waals surface area contributed by atoms with Gasteiger partial charge in [-0.2, -0.15) is 5.01 Å². The summed E-state index contributed by atoms with van der Waals surface area (Å²) in [6.07, 6.45) is 3.07. The molecule has 5 heteroatoms. The molecule has 1 heterocycles. The fourth-order valence-electron chi connectivity index (χ4n) is 2.25. The molecule has 0 saturated heterocycles. The van der Waals surface area contributed by atoms with Gasteiger partial charge in [0.05, 0.1) is 11.8 Å². The molecular weight excluding hydrogens is 274 g/mol. The van der Waals surface area contributed by atoms with E-state index in [0.29, 0.717) is 0 Å². The summed E-state index contributed by atoms with van der Waals surface area (Å²) in [4.78, 5) is 4.55. The van der Waals surface area contributed by atoms with E-state index in [1.807, 2.05) is 42.5 Å². The zero-order valence-corrected chi connectivity index (χ0v) is 13.0. The maximum Gasteiger partial charge on any atom is 0.126 e. The molecule has 2 rings (SSSR count). The lowest BCUT2D eigenvalue weighted by Gasteiger charge is -2.36. The first-order valence-electron chi connectivity index (χ1n) is 7.00. The fraction of sp³-hybridized carbons (Fsp3) is 0.533. The first kappa shape index (κ1) is 15.3. The van der Waals surface area contributed by atoms with Crippen LogP contribution in [0.3, 0.4) is 0 Å². The van der Waals surface area contributed by atoms with Gasteiger partial charge in [-0.15, -0.1) is 0 Å². The quantitative estimate of drug-likeness (QED) is 0.906. The second-order valence-electron chi connectivity index (χ2n) is 5.53. The van der Waals surface area contributed by atoms with Gasteiger partial charge >= 0.3 is 0 Å². The number of hydrazine groups is 1. The Morgan fingerprint density at radius 3 is 2.55 bits per heavy atom. The number of aliphatic hydroxyl groups excluding tert-OH is 1. The van der Waals surface area contributed by atoms with Crippen LogP contribution < -0.4 is 5.01 Å². The minimum absolute atomic E-state index is 0.265. The van der Waals surface area contributed by atoms with Crippen molar-refractivity contribution in [1.29, 1.82) is 0 Å². The zero-order chi connectivity index (χ0) is 14.8. The molecule has 0 fully saturated rings. The molecule has 0 aliphatic carbocycles. The number of hydrogen-bond donors (Lipinski definition) is 1. The molecule has 1 atom stereocenters. The lowest BCUT2D eigenvalue weighted by atomic mass is 10.1. The van der Waals surface area contributed by atoms with E-state index in [2.05, 4.69) is 23.8 Å². The van der Waals surface area contributed by atoms with Crippen LogP contribution in [-0.2, 0) is 0 Å². The second-order valence-corrected chi connectivity index (χ2v) is 5.97. The molecule has 0 aromatic heterocycles. The predicted octanol–water partition coefficient (Wildman–Crippen LogP) is 3.30. The van der Waals surface area contributed by atoms with Gasteiger partial charge in [-0.05, 0) is 51.0 Å². The maximum atomic E-state index is 9.78. The Kier molecular flexibility index (Phi) is 4.68. The summed E-state index contributed by atoms with van der Waals surface area (Å²) in [5.74, 6) is 0. The average molecular weight is 296 g/mol. The highest BCUT2D eigenvalue weighted by Gasteiger charge is 2.35. The van der Waals surface area contributed by atoms with E-state index in [-0.39, 0.29) is 11.8 Å². The molecule has 4 nitrogen and oxygen atoms in total. The van der Waals surface area contributed by atoms with Crippen molar-refractivity contribution in [3.8, 4) is 0 Å². The van der Waals surface area contributed by atoms with E-state index >= 15 is 0 Å². The van der Waals surface area contributed by atoms with Crippen molar-refractivity contribution < 1.29 is 5.11 Å². The molecular formula is C15H22ClN3O. The smallest absolute Gasteiger partial charge is 0.126 e. The molecule has 0 saturated carbocycles. The second kappa shape index (κ2) is 6.12. The number of halogens is 1. The number of rotatable bonds is 5. The topological polar surface area (TPSA) is 39.1 Å². The summed E-state index contributed by atoms with van der Waals surface area (Å²) >= 11 is 5.93. The van der Waals surface area contributed by atoms with Crippen molar-refractivity contribution in [1.82, 2.24) is 5.01 Å². The molecule has 0 amide bonds. The minimum atomic E-state index is -0.299. The van der Waals surface area contributed by atoms with Crippen LogP contribution in [0.5, 0.6) is 0 Å². The highest BCUT2D eigenvalue weighted by Crippen LogP contribution is 2.29. The molecule has 110 valence electrons. The first-order valence-corrected chi connectivity index (χ1v) is 7.37. The van der Waals surface area contributed by atoms with Crippen molar-refractivity contribution in [3.63, 3.8) is 0 Å². The van der Waals surface area contributed by atoms with Crippen molar-refractivity contribution >= 4 is 23.6 Å². The van der Waals surface area contributed by atoms with Crippen LogP contribution in [-0.4, -0.2) is 34.8 Å². The van der Waals surface area contributed by atoms with E-state index in [4.69, 9.17) is 11.6 Å². The number of hydrogen-bond acceptors (Lipinski definition) is 4. The van der Waals surface area contributed by atoms with Crippen LogP contribution in [0.25, 0.3) is 0 Å².